The zero-order valence-electron chi connectivity index (χ0n) is 21.8. The number of hydrogen-bond acceptors (Lipinski definition) is 4. The fourth-order valence-electron chi connectivity index (χ4n) is 4.92. The van der Waals surface area contributed by atoms with E-state index in [0.29, 0.717) is 12.5 Å². The van der Waals surface area contributed by atoms with Gasteiger partial charge in [-0.1, -0.05) is 104 Å². The number of benzene rings is 3. The predicted octanol–water partition coefficient (Wildman–Crippen LogP) is 5.74. The van der Waals surface area contributed by atoms with Crippen LogP contribution >= 0.6 is 15.9 Å². The van der Waals surface area contributed by atoms with Crippen LogP contribution in [0.2, 0.25) is 0 Å². The molecule has 36 heavy (non-hydrogen) atoms. The summed E-state index contributed by atoms with van der Waals surface area (Å²) in [5.41, 5.74) is 3.51. The lowest BCUT2D eigenvalue weighted by molar-refractivity contribution is 0.271. The molecule has 0 aromatic heterocycles. The second-order valence-electron chi connectivity index (χ2n) is 11.1. The minimum absolute atomic E-state index is 0.129. The summed E-state index contributed by atoms with van der Waals surface area (Å²) < 4.78 is 7.77. The molecule has 1 aliphatic rings. The smallest absolute Gasteiger partial charge is 0.282 e. The molecule has 2 atom stereocenters. The summed E-state index contributed by atoms with van der Waals surface area (Å²) in [5, 5.41) is 15.2. The maximum absolute atomic E-state index is 9.29. The maximum atomic E-state index is 9.29. The highest BCUT2D eigenvalue weighted by Crippen LogP contribution is 2.41. The Morgan fingerprint density at radius 3 is 2.39 bits per heavy atom. The highest BCUT2D eigenvalue weighted by Gasteiger charge is 2.38. The van der Waals surface area contributed by atoms with Gasteiger partial charge in [-0.25, -0.2) is 0 Å². The first-order valence-corrected chi connectivity index (χ1v) is 14.7. The molecular formula is C30H36BrN2O2Si. The van der Waals surface area contributed by atoms with Crippen LogP contribution in [0.25, 0.3) is 0 Å². The van der Waals surface area contributed by atoms with Crippen molar-refractivity contribution in [2.75, 3.05) is 24.6 Å². The Bertz CT molecular complexity index is 1190. The minimum atomic E-state index is -1.37. The molecule has 0 saturated heterocycles. The predicted molar refractivity (Wildman–Crippen MR) is 156 cm³/mol. The van der Waals surface area contributed by atoms with Crippen molar-refractivity contribution in [3.05, 3.63) is 88.4 Å². The Kier molecular flexibility index (Phi) is 8.08. The zero-order valence-corrected chi connectivity index (χ0v) is 24.4. The van der Waals surface area contributed by atoms with Gasteiger partial charge in [-0.15, -0.1) is 5.16 Å². The average Bonchev–Trinajstić information content (AvgIpc) is 3.10. The van der Waals surface area contributed by atoms with E-state index in [2.05, 4.69) is 133 Å². The number of nitrogens with zero attached hydrogens (tertiary/aromatic N) is 2. The summed E-state index contributed by atoms with van der Waals surface area (Å²) in [7, 11) is -1.37. The summed E-state index contributed by atoms with van der Waals surface area (Å²) in [6.07, 6.45) is 1.65. The summed E-state index contributed by atoms with van der Waals surface area (Å²) in [4.78, 5) is 2.39. The van der Waals surface area contributed by atoms with Crippen LogP contribution in [0, 0.1) is 5.92 Å². The van der Waals surface area contributed by atoms with Crippen molar-refractivity contribution in [1.29, 1.82) is 0 Å². The molecule has 0 aliphatic carbocycles. The van der Waals surface area contributed by atoms with E-state index < -0.39 is 9.04 Å². The molecule has 1 heterocycles. The lowest BCUT2D eigenvalue weighted by Crippen LogP contribution is -2.46. The molecule has 4 rings (SSSR count). The first-order valence-electron chi connectivity index (χ1n) is 12.5. The van der Waals surface area contributed by atoms with E-state index in [-0.39, 0.29) is 10.8 Å². The van der Waals surface area contributed by atoms with Gasteiger partial charge in [0.25, 0.3) is 9.04 Å². The van der Waals surface area contributed by atoms with Crippen LogP contribution in [0.15, 0.2) is 82.4 Å². The molecule has 1 aliphatic heterocycles. The molecule has 189 valence electrons. The highest BCUT2D eigenvalue weighted by molar-refractivity contribution is 9.10. The van der Waals surface area contributed by atoms with Crippen molar-refractivity contribution in [1.82, 2.24) is 0 Å². The average molecular weight is 565 g/mol. The van der Waals surface area contributed by atoms with E-state index >= 15 is 0 Å². The van der Waals surface area contributed by atoms with E-state index in [0.717, 1.165) is 17.6 Å². The van der Waals surface area contributed by atoms with Gasteiger partial charge in [-0.2, -0.15) is 0 Å². The molecule has 1 N–H and O–H groups in total. The SMILES string of the molecule is C[C@H](CO[Si](c1ccccc1)c1ccc(C(C)(C)C)cc1)CN1CC(C)(/C=N/O)c2ccc(Br)cc21. The van der Waals surface area contributed by atoms with Crippen LogP contribution in [-0.4, -0.2) is 40.2 Å². The van der Waals surface area contributed by atoms with Gasteiger partial charge in [-0.3, -0.25) is 0 Å². The molecule has 6 heteroatoms. The van der Waals surface area contributed by atoms with Crippen molar-refractivity contribution in [3.8, 4) is 0 Å². The van der Waals surface area contributed by atoms with Crippen molar-refractivity contribution < 1.29 is 9.63 Å². The number of rotatable bonds is 8. The molecule has 0 fully saturated rings. The second-order valence-corrected chi connectivity index (χ2v) is 14.2. The standard InChI is InChI=1S/C30H36BrN2O2Si/c1-22(18-33-21-30(5,20-32-34)27-16-13-24(31)17-28(27)33)19-35-36(25-9-7-6-8-10-25)26-14-11-23(12-15-26)29(2,3)4/h6-17,20,22,34H,18-19,21H2,1-5H3/b32-20+/t22-,30?/m0/s1. The first-order chi connectivity index (χ1) is 17.1. The summed E-state index contributed by atoms with van der Waals surface area (Å²) in [5.74, 6) is 0.322. The number of halogens is 1. The summed E-state index contributed by atoms with van der Waals surface area (Å²) in [6.45, 7) is 13.4. The van der Waals surface area contributed by atoms with Crippen LogP contribution in [0.4, 0.5) is 5.69 Å². The van der Waals surface area contributed by atoms with Gasteiger partial charge >= 0.3 is 0 Å². The lowest BCUT2D eigenvalue weighted by Gasteiger charge is -2.27. The van der Waals surface area contributed by atoms with E-state index in [1.165, 1.54) is 27.2 Å². The van der Waals surface area contributed by atoms with Crippen molar-refractivity contribution >= 4 is 47.2 Å². The van der Waals surface area contributed by atoms with Crippen LogP contribution < -0.4 is 15.3 Å². The highest BCUT2D eigenvalue weighted by atomic mass is 79.9. The molecule has 3 aromatic rings. The second kappa shape index (κ2) is 10.9. The Morgan fingerprint density at radius 2 is 1.75 bits per heavy atom. The fraction of sp³-hybridized carbons (Fsp3) is 0.367. The molecule has 3 aromatic carbocycles. The van der Waals surface area contributed by atoms with Gasteiger partial charge in [0.15, 0.2) is 0 Å². The lowest BCUT2D eigenvalue weighted by atomic mass is 9.86. The number of hydrogen-bond donors (Lipinski definition) is 1. The van der Waals surface area contributed by atoms with Crippen LogP contribution in [-0.2, 0) is 15.3 Å². The third-order valence-electron chi connectivity index (χ3n) is 6.87. The number of fused-ring (bicyclic) bond motifs is 1. The van der Waals surface area contributed by atoms with Gasteiger partial charge in [0.2, 0.25) is 0 Å². The van der Waals surface area contributed by atoms with Crippen LogP contribution in [0.5, 0.6) is 0 Å². The normalized spacial score (nSPS) is 18.7. The Morgan fingerprint density at radius 1 is 1.08 bits per heavy atom. The molecule has 0 saturated carbocycles. The molecule has 4 nitrogen and oxygen atoms in total. The molecular weight excluding hydrogens is 528 g/mol. The molecule has 1 unspecified atom stereocenters. The summed E-state index contributed by atoms with van der Waals surface area (Å²) in [6, 6.07) is 26.0. The number of anilines is 1. The van der Waals surface area contributed by atoms with Crippen LogP contribution in [0.3, 0.4) is 0 Å². The van der Waals surface area contributed by atoms with Gasteiger partial charge in [0.05, 0.1) is 11.6 Å². The molecule has 0 spiro atoms. The molecule has 1 radical (unpaired) electrons. The molecule has 0 bridgehead atoms. The Balaban J connectivity index is 1.50. The van der Waals surface area contributed by atoms with Crippen LogP contribution in [0.1, 0.15) is 45.7 Å². The third-order valence-corrected chi connectivity index (χ3v) is 9.54. The quantitative estimate of drug-likeness (QED) is 0.164. The first kappa shape index (κ1) is 26.6. The van der Waals surface area contributed by atoms with Gasteiger partial charge < -0.3 is 14.5 Å². The fourth-order valence-corrected chi connectivity index (χ4v) is 7.35. The largest absolute Gasteiger partial charge is 0.411 e. The van der Waals surface area contributed by atoms with E-state index in [1.54, 1.807) is 6.21 Å². The van der Waals surface area contributed by atoms with Crippen molar-refractivity contribution in [3.63, 3.8) is 0 Å². The van der Waals surface area contributed by atoms with Gasteiger partial charge in [0.1, 0.15) is 0 Å². The minimum Gasteiger partial charge on any atom is -0.411 e. The Labute approximate surface area is 225 Å². The van der Waals surface area contributed by atoms with E-state index in [9.17, 15) is 5.21 Å². The van der Waals surface area contributed by atoms with Gasteiger partial charge in [-0.05, 0) is 51.9 Å². The topological polar surface area (TPSA) is 45.1 Å². The van der Waals surface area contributed by atoms with E-state index in [4.69, 9.17) is 4.43 Å². The van der Waals surface area contributed by atoms with Crippen molar-refractivity contribution in [2.24, 2.45) is 11.1 Å². The number of oxime groups is 1. The summed E-state index contributed by atoms with van der Waals surface area (Å²) >= 11 is 3.62. The monoisotopic (exact) mass is 563 g/mol. The third kappa shape index (κ3) is 5.93. The zero-order chi connectivity index (χ0) is 25.9. The van der Waals surface area contributed by atoms with E-state index in [1.807, 2.05) is 0 Å². The van der Waals surface area contributed by atoms with Crippen molar-refractivity contribution in [2.45, 2.75) is 45.4 Å². The maximum Gasteiger partial charge on any atom is 0.282 e. The van der Waals surface area contributed by atoms with Gasteiger partial charge in [0, 0.05) is 29.9 Å². The molecule has 0 amide bonds. The Hall–Kier alpha value is -2.41.